The Balaban J connectivity index is 2.42. The van der Waals surface area contributed by atoms with Gasteiger partial charge in [0, 0.05) is 6.42 Å². The summed E-state index contributed by atoms with van der Waals surface area (Å²) < 4.78 is 5.37. The molecule has 0 radical (unpaired) electrons. The van der Waals surface area contributed by atoms with E-state index in [1.54, 1.807) is 0 Å². The number of benzene rings is 1. The molecule has 0 N–H and O–H groups in total. The smallest absolute Gasteiger partial charge is 0.145 e. The van der Waals surface area contributed by atoms with E-state index in [0.29, 0.717) is 0 Å². The molecule has 1 aliphatic heterocycles. The third kappa shape index (κ3) is 0.886. The van der Waals surface area contributed by atoms with Gasteiger partial charge in [0.25, 0.3) is 0 Å². The number of ether oxygens (including phenoxy) is 1. The van der Waals surface area contributed by atoms with Crippen LogP contribution >= 0.6 is 12.6 Å². The number of thiol groups is 1. The van der Waals surface area contributed by atoms with Crippen molar-refractivity contribution in [3.05, 3.63) is 29.8 Å². The van der Waals surface area contributed by atoms with Crippen LogP contribution in [0.5, 0.6) is 5.75 Å². The normalized spacial score (nSPS) is 21.9. The van der Waals surface area contributed by atoms with Crippen LogP contribution in [0.15, 0.2) is 24.3 Å². The second kappa shape index (κ2) is 2.20. The standard InChI is InChI=1S/C8H8OS/c10-8-5-6-3-1-2-4-7(6)9-8/h1-4,8,10H,5H2. The minimum atomic E-state index is 0.0670. The fourth-order valence-corrected chi connectivity index (χ4v) is 1.47. The van der Waals surface area contributed by atoms with Crippen molar-refractivity contribution in [3.63, 3.8) is 0 Å². The average Bonchev–Trinajstić information content (AvgIpc) is 2.27. The highest BCUT2D eigenvalue weighted by Gasteiger charge is 2.17. The molecule has 1 aromatic carbocycles. The molecule has 1 nitrogen and oxygen atoms in total. The zero-order valence-electron chi connectivity index (χ0n) is 5.45. The molecule has 0 spiro atoms. The Morgan fingerprint density at radius 3 is 3.00 bits per heavy atom. The van der Waals surface area contributed by atoms with Gasteiger partial charge in [-0.15, -0.1) is 12.6 Å². The summed E-state index contributed by atoms with van der Waals surface area (Å²) in [5.41, 5.74) is 1.33. The van der Waals surface area contributed by atoms with Gasteiger partial charge in [0.2, 0.25) is 0 Å². The van der Waals surface area contributed by atoms with Crippen LogP contribution in [0.4, 0.5) is 0 Å². The third-order valence-corrected chi connectivity index (χ3v) is 1.92. The van der Waals surface area contributed by atoms with Gasteiger partial charge in [0.1, 0.15) is 11.2 Å². The number of hydrogen-bond donors (Lipinski definition) is 1. The van der Waals surface area contributed by atoms with Crippen molar-refractivity contribution >= 4 is 12.6 Å². The molecule has 1 aromatic rings. The summed E-state index contributed by atoms with van der Waals surface area (Å²) in [6, 6.07) is 8.05. The van der Waals surface area contributed by atoms with Gasteiger partial charge >= 0.3 is 0 Å². The Kier molecular flexibility index (Phi) is 1.34. The molecule has 0 amide bonds. The van der Waals surface area contributed by atoms with Gasteiger partial charge in [0.05, 0.1) is 0 Å². The average molecular weight is 152 g/mol. The van der Waals surface area contributed by atoms with Crippen LogP contribution in [-0.2, 0) is 6.42 Å². The molecular weight excluding hydrogens is 144 g/mol. The predicted molar refractivity (Wildman–Crippen MR) is 43.5 cm³/mol. The van der Waals surface area contributed by atoms with Crippen molar-refractivity contribution in [2.45, 2.75) is 11.9 Å². The Bertz CT molecular complexity index is 222. The Morgan fingerprint density at radius 2 is 2.20 bits per heavy atom. The molecule has 0 aliphatic carbocycles. The Morgan fingerprint density at radius 1 is 1.40 bits per heavy atom. The van der Waals surface area contributed by atoms with Crippen LogP contribution in [0.1, 0.15) is 5.56 Å². The SMILES string of the molecule is SC1Cc2ccccc2O1. The molecule has 2 heteroatoms. The lowest BCUT2D eigenvalue weighted by Gasteiger charge is -1.99. The van der Waals surface area contributed by atoms with Crippen molar-refractivity contribution in [2.24, 2.45) is 0 Å². The molecular formula is C8H8OS. The van der Waals surface area contributed by atoms with E-state index in [1.807, 2.05) is 18.2 Å². The molecule has 0 fully saturated rings. The summed E-state index contributed by atoms with van der Waals surface area (Å²) in [6.45, 7) is 0. The van der Waals surface area contributed by atoms with Gasteiger partial charge in [-0.05, 0) is 11.6 Å². The fraction of sp³-hybridized carbons (Fsp3) is 0.250. The molecule has 0 aromatic heterocycles. The predicted octanol–water partition coefficient (Wildman–Crippen LogP) is 1.88. The Hall–Kier alpha value is -0.630. The molecule has 0 saturated carbocycles. The minimum Gasteiger partial charge on any atom is -0.479 e. The molecule has 1 unspecified atom stereocenters. The molecule has 0 saturated heterocycles. The highest BCUT2D eigenvalue weighted by Crippen LogP contribution is 2.29. The van der Waals surface area contributed by atoms with Crippen molar-refractivity contribution in [3.8, 4) is 5.75 Å². The van der Waals surface area contributed by atoms with Crippen molar-refractivity contribution in [1.29, 1.82) is 0 Å². The van der Waals surface area contributed by atoms with Crippen molar-refractivity contribution in [1.82, 2.24) is 0 Å². The number of fused-ring (bicyclic) bond motifs is 1. The molecule has 10 heavy (non-hydrogen) atoms. The summed E-state index contributed by atoms with van der Waals surface area (Å²) >= 11 is 4.22. The summed E-state index contributed by atoms with van der Waals surface area (Å²) in [5, 5.41) is 0. The van der Waals surface area contributed by atoms with Crippen LogP contribution in [0.25, 0.3) is 0 Å². The van der Waals surface area contributed by atoms with E-state index in [4.69, 9.17) is 4.74 Å². The van der Waals surface area contributed by atoms with Gasteiger partial charge in [-0.25, -0.2) is 0 Å². The highest BCUT2D eigenvalue weighted by molar-refractivity contribution is 7.80. The molecule has 52 valence electrons. The Labute approximate surface area is 65.4 Å². The molecule has 2 rings (SSSR count). The van der Waals surface area contributed by atoms with Crippen LogP contribution < -0.4 is 4.74 Å². The number of rotatable bonds is 0. The topological polar surface area (TPSA) is 9.23 Å². The summed E-state index contributed by atoms with van der Waals surface area (Å²) in [4.78, 5) is 0. The fourth-order valence-electron chi connectivity index (χ4n) is 1.16. The molecule has 1 atom stereocenters. The van der Waals surface area contributed by atoms with Gasteiger partial charge in [-0.3, -0.25) is 0 Å². The quantitative estimate of drug-likeness (QED) is 0.558. The van der Waals surface area contributed by atoms with E-state index < -0.39 is 0 Å². The van der Waals surface area contributed by atoms with E-state index in [1.165, 1.54) is 5.56 Å². The molecule has 0 bridgehead atoms. The van der Waals surface area contributed by atoms with Crippen LogP contribution in [0, 0.1) is 0 Å². The summed E-state index contributed by atoms with van der Waals surface area (Å²) in [5.74, 6) is 0.988. The first-order valence-corrected chi connectivity index (χ1v) is 3.80. The van der Waals surface area contributed by atoms with Crippen LogP contribution in [0.2, 0.25) is 0 Å². The lowest BCUT2D eigenvalue weighted by molar-refractivity contribution is 0.325. The lowest BCUT2D eigenvalue weighted by atomic mass is 10.2. The first kappa shape index (κ1) is 6.10. The van der Waals surface area contributed by atoms with E-state index >= 15 is 0 Å². The van der Waals surface area contributed by atoms with E-state index in [9.17, 15) is 0 Å². The molecule has 1 heterocycles. The molecule has 1 aliphatic rings. The van der Waals surface area contributed by atoms with Gasteiger partial charge in [-0.2, -0.15) is 0 Å². The van der Waals surface area contributed by atoms with Gasteiger partial charge < -0.3 is 4.74 Å². The second-order valence-corrected chi connectivity index (χ2v) is 2.96. The maximum atomic E-state index is 5.37. The second-order valence-electron chi connectivity index (χ2n) is 2.38. The van der Waals surface area contributed by atoms with Crippen molar-refractivity contribution < 1.29 is 4.74 Å². The van der Waals surface area contributed by atoms with E-state index in [2.05, 4.69) is 18.7 Å². The van der Waals surface area contributed by atoms with Crippen LogP contribution in [0.3, 0.4) is 0 Å². The minimum absolute atomic E-state index is 0.0670. The first-order chi connectivity index (χ1) is 4.86. The maximum Gasteiger partial charge on any atom is 0.145 e. The van der Waals surface area contributed by atoms with Gasteiger partial charge in [-0.1, -0.05) is 18.2 Å². The van der Waals surface area contributed by atoms with E-state index in [-0.39, 0.29) is 5.44 Å². The number of para-hydroxylation sites is 1. The third-order valence-electron chi connectivity index (χ3n) is 1.63. The highest BCUT2D eigenvalue weighted by atomic mass is 32.1. The summed E-state index contributed by atoms with van der Waals surface area (Å²) in [6.07, 6.45) is 0.930. The number of hydrogen-bond acceptors (Lipinski definition) is 2. The largest absolute Gasteiger partial charge is 0.479 e. The zero-order valence-corrected chi connectivity index (χ0v) is 6.34. The van der Waals surface area contributed by atoms with Crippen LogP contribution in [-0.4, -0.2) is 5.44 Å². The monoisotopic (exact) mass is 152 g/mol. The summed E-state index contributed by atoms with van der Waals surface area (Å²) in [7, 11) is 0. The lowest BCUT2D eigenvalue weighted by Crippen LogP contribution is -2.01. The van der Waals surface area contributed by atoms with E-state index in [0.717, 1.165) is 12.2 Å². The maximum absolute atomic E-state index is 5.37. The van der Waals surface area contributed by atoms with Gasteiger partial charge in [0.15, 0.2) is 0 Å². The zero-order chi connectivity index (χ0) is 6.97. The first-order valence-electron chi connectivity index (χ1n) is 3.29. The van der Waals surface area contributed by atoms with Crippen molar-refractivity contribution in [2.75, 3.05) is 0 Å².